The fourth-order valence-electron chi connectivity index (χ4n) is 2.44. The van der Waals surface area contributed by atoms with Crippen molar-refractivity contribution in [2.24, 2.45) is 5.92 Å². The van der Waals surface area contributed by atoms with E-state index in [1.54, 1.807) is 0 Å². The fraction of sp³-hybridized carbons (Fsp3) is 0.600. The summed E-state index contributed by atoms with van der Waals surface area (Å²) in [5, 5.41) is 3.39. The number of benzene rings is 1. The van der Waals surface area contributed by atoms with Crippen molar-refractivity contribution in [2.75, 3.05) is 32.8 Å². The van der Waals surface area contributed by atoms with Crippen LogP contribution >= 0.6 is 15.9 Å². The van der Waals surface area contributed by atoms with Crippen LogP contribution in [-0.4, -0.2) is 37.7 Å². The Morgan fingerprint density at radius 1 is 1.26 bits per heavy atom. The molecule has 0 amide bonds. The van der Waals surface area contributed by atoms with Crippen molar-refractivity contribution in [3.8, 4) is 5.75 Å². The second kappa shape index (κ2) is 6.25. The monoisotopic (exact) mass is 324 g/mol. The standard InChI is InChI=1S/C15H21BrN2O/c16-14-3-1-2-13(10-18-8-6-17-7-9-18)15(14)19-11-12-4-5-12/h1-3,12,17H,4-11H2. The van der Waals surface area contributed by atoms with Gasteiger partial charge in [-0.2, -0.15) is 0 Å². The lowest BCUT2D eigenvalue weighted by Crippen LogP contribution is -2.42. The molecule has 4 heteroatoms. The van der Waals surface area contributed by atoms with Crippen LogP contribution < -0.4 is 10.1 Å². The third-order valence-electron chi connectivity index (χ3n) is 3.81. The molecule has 104 valence electrons. The van der Waals surface area contributed by atoms with Crippen LogP contribution in [0.25, 0.3) is 0 Å². The smallest absolute Gasteiger partial charge is 0.137 e. The maximum atomic E-state index is 6.04. The highest BCUT2D eigenvalue weighted by Crippen LogP contribution is 2.34. The lowest BCUT2D eigenvalue weighted by molar-refractivity contribution is 0.226. The normalized spacial score (nSPS) is 20.5. The Labute approximate surface area is 123 Å². The number of rotatable bonds is 5. The molecule has 0 unspecified atom stereocenters. The van der Waals surface area contributed by atoms with E-state index < -0.39 is 0 Å². The first-order valence-electron chi connectivity index (χ1n) is 7.16. The summed E-state index contributed by atoms with van der Waals surface area (Å²) < 4.78 is 7.13. The molecule has 1 aromatic carbocycles. The van der Waals surface area contributed by atoms with E-state index in [1.807, 2.05) is 0 Å². The van der Waals surface area contributed by atoms with Gasteiger partial charge in [0.05, 0.1) is 11.1 Å². The molecule has 1 N–H and O–H groups in total. The molecule has 0 atom stereocenters. The largest absolute Gasteiger partial charge is 0.492 e. The third kappa shape index (κ3) is 3.71. The second-order valence-corrected chi connectivity index (χ2v) is 6.36. The zero-order chi connectivity index (χ0) is 13.1. The van der Waals surface area contributed by atoms with Gasteiger partial charge >= 0.3 is 0 Å². The molecule has 0 aromatic heterocycles. The number of ether oxygens (including phenoxy) is 1. The summed E-state index contributed by atoms with van der Waals surface area (Å²) in [5.41, 5.74) is 1.30. The molecule has 1 aliphatic carbocycles. The van der Waals surface area contributed by atoms with Crippen molar-refractivity contribution in [3.63, 3.8) is 0 Å². The van der Waals surface area contributed by atoms with Gasteiger partial charge in [0.25, 0.3) is 0 Å². The van der Waals surface area contributed by atoms with Gasteiger partial charge in [0.15, 0.2) is 0 Å². The van der Waals surface area contributed by atoms with E-state index in [2.05, 4.69) is 44.3 Å². The first-order valence-corrected chi connectivity index (χ1v) is 7.95. The maximum absolute atomic E-state index is 6.04. The molecule has 3 rings (SSSR count). The van der Waals surface area contributed by atoms with Crippen molar-refractivity contribution in [2.45, 2.75) is 19.4 Å². The van der Waals surface area contributed by atoms with Crippen LogP contribution in [0.15, 0.2) is 22.7 Å². The lowest BCUT2D eigenvalue weighted by Gasteiger charge is -2.28. The molecule has 1 aromatic rings. The zero-order valence-electron chi connectivity index (χ0n) is 11.2. The van der Waals surface area contributed by atoms with E-state index in [9.17, 15) is 0 Å². The molecule has 3 nitrogen and oxygen atoms in total. The Hall–Kier alpha value is -0.580. The molecule has 1 heterocycles. The minimum absolute atomic E-state index is 0.791. The van der Waals surface area contributed by atoms with Gasteiger partial charge in [-0.3, -0.25) is 4.90 Å². The maximum Gasteiger partial charge on any atom is 0.137 e. The number of hydrogen-bond donors (Lipinski definition) is 1. The molecular formula is C15H21BrN2O. The van der Waals surface area contributed by atoms with Gasteiger partial charge in [0.1, 0.15) is 5.75 Å². The fourth-order valence-corrected chi connectivity index (χ4v) is 2.96. The molecule has 1 saturated carbocycles. The van der Waals surface area contributed by atoms with E-state index in [1.165, 1.54) is 18.4 Å². The van der Waals surface area contributed by atoms with Gasteiger partial charge in [-0.1, -0.05) is 12.1 Å². The Kier molecular flexibility index (Phi) is 4.41. The Morgan fingerprint density at radius 2 is 2.05 bits per heavy atom. The van der Waals surface area contributed by atoms with Crippen LogP contribution in [-0.2, 0) is 6.54 Å². The topological polar surface area (TPSA) is 24.5 Å². The molecule has 0 spiro atoms. The van der Waals surface area contributed by atoms with Crippen molar-refractivity contribution in [1.82, 2.24) is 10.2 Å². The third-order valence-corrected chi connectivity index (χ3v) is 4.44. The summed E-state index contributed by atoms with van der Waals surface area (Å²) in [6, 6.07) is 6.37. The lowest BCUT2D eigenvalue weighted by atomic mass is 10.1. The van der Waals surface area contributed by atoms with Gasteiger partial charge < -0.3 is 10.1 Å². The van der Waals surface area contributed by atoms with E-state index in [0.29, 0.717) is 0 Å². The molecule has 1 saturated heterocycles. The van der Waals surface area contributed by atoms with Crippen LogP contribution in [0.3, 0.4) is 0 Å². The van der Waals surface area contributed by atoms with Gasteiger partial charge in [-0.05, 0) is 40.8 Å². The highest BCUT2D eigenvalue weighted by molar-refractivity contribution is 9.10. The minimum atomic E-state index is 0.791. The highest BCUT2D eigenvalue weighted by atomic mass is 79.9. The second-order valence-electron chi connectivity index (χ2n) is 5.51. The van der Waals surface area contributed by atoms with Crippen LogP contribution in [0.1, 0.15) is 18.4 Å². The number of nitrogens with zero attached hydrogens (tertiary/aromatic N) is 1. The summed E-state index contributed by atoms with van der Waals surface area (Å²) in [6.07, 6.45) is 2.66. The van der Waals surface area contributed by atoms with E-state index in [0.717, 1.165) is 55.5 Å². The summed E-state index contributed by atoms with van der Waals surface area (Å²) in [4.78, 5) is 2.49. The minimum Gasteiger partial charge on any atom is -0.492 e. The summed E-state index contributed by atoms with van der Waals surface area (Å²) in [7, 11) is 0. The highest BCUT2D eigenvalue weighted by Gasteiger charge is 2.23. The summed E-state index contributed by atoms with van der Waals surface area (Å²) in [5.74, 6) is 1.84. The van der Waals surface area contributed by atoms with Crippen LogP contribution in [0.2, 0.25) is 0 Å². The zero-order valence-corrected chi connectivity index (χ0v) is 12.8. The molecule has 0 bridgehead atoms. The first-order chi connectivity index (χ1) is 9.33. The number of para-hydroxylation sites is 1. The summed E-state index contributed by atoms with van der Waals surface area (Å²) >= 11 is 3.63. The molecule has 1 aliphatic heterocycles. The predicted octanol–water partition coefficient (Wildman–Crippen LogP) is 2.64. The van der Waals surface area contributed by atoms with Crippen molar-refractivity contribution >= 4 is 15.9 Å². The van der Waals surface area contributed by atoms with Gasteiger partial charge in [-0.15, -0.1) is 0 Å². The number of nitrogens with one attached hydrogen (secondary N) is 1. The van der Waals surface area contributed by atoms with Gasteiger partial charge in [0.2, 0.25) is 0 Å². The van der Waals surface area contributed by atoms with E-state index in [-0.39, 0.29) is 0 Å². The molecule has 2 aliphatic rings. The molecule has 2 fully saturated rings. The van der Waals surface area contributed by atoms with Gasteiger partial charge in [-0.25, -0.2) is 0 Å². The Morgan fingerprint density at radius 3 is 2.79 bits per heavy atom. The van der Waals surface area contributed by atoms with Crippen LogP contribution in [0.4, 0.5) is 0 Å². The number of piperazine rings is 1. The van der Waals surface area contributed by atoms with Gasteiger partial charge in [0, 0.05) is 38.3 Å². The Balaban J connectivity index is 1.68. The average Bonchev–Trinajstić information content (AvgIpc) is 3.23. The van der Waals surface area contributed by atoms with E-state index >= 15 is 0 Å². The molecular weight excluding hydrogens is 304 g/mol. The van der Waals surface area contributed by atoms with E-state index in [4.69, 9.17) is 4.74 Å². The summed E-state index contributed by atoms with van der Waals surface area (Å²) in [6.45, 7) is 6.28. The van der Waals surface area contributed by atoms with Crippen molar-refractivity contribution < 1.29 is 4.74 Å². The number of halogens is 1. The molecule has 0 radical (unpaired) electrons. The van der Waals surface area contributed by atoms with Crippen LogP contribution in [0.5, 0.6) is 5.75 Å². The van der Waals surface area contributed by atoms with Crippen molar-refractivity contribution in [3.05, 3.63) is 28.2 Å². The SMILES string of the molecule is Brc1cccc(CN2CCNCC2)c1OCC1CC1. The average molecular weight is 325 g/mol. The Bertz CT molecular complexity index is 428. The predicted molar refractivity (Wildman–Crippen MR) is 80.5 cm³/mol. The first kappa shape index (κ1) is 13.4. The van der Waals surface area contributed by atoms with Crippen LogP contribution in [0, 0.1) is 5.92 Å². The van der Waals surface area contributed by atoms with Crippen molar-refractivity contribution in [1.29, 1.82) is 0 Å². The number of hydrogen-bond acceptors (Lipinski definition) is 3. The molecule has 19 heavy (non-hydrogen) atoms. The quantitative estimate of drug-likeness (QED) is 0.901.